The third kappa shape index (κ3) is 6.70. The van der Waals surface area contributed by atoms with Crippen LogP contribution >= 0.6 is 0 Å². The Balaban J connectivity index is 1.99. The summed E-state index contributed by atoms with van der Waals surface area (Å²) in [5.74, 6) is 0.265. The van der Waals surface area contributed by atoms with Gasteiger partial charge in [-0.15, -0.1) is 0 Å². The van der Waals surface area contributed by atoms with Crippen molar-refractivity contribution in [2.24, 2.45) is 5.92 Å². The summed E-state index contributed by atoms with van der Waals surface area (Å²) in [4.78, 5) is 11.6. The summed E-state index contributed by atoms with van der Waals surface area (Å²) in [6, 6.07) is 0. The summed E-state index contributed by atoms with van der Waals surface area (Å²) in [5, 5.41) is 0. The normalized spacial score (nSPS) is 21.0. The van der Waals surface area contributed by atoms with Crippen LogP contribution in [0.2, 0.25) is 0 Å². The average molecular weight is 240 g/mol. The molecule has 17 heavy (non-hydrogen) atoms. The minimum atomic E-state index is 0.0634. The zero-order valence-corrected chi connectivity index (χ0v) is 11.4. The zero-order valence-electron chi connectivity index (χ0n) is 11.4. The van der Waals surface area contributed by atoms with Gasteiger partial charge in [-0.25, -0.2) is 0 Å². The molecular formula is C15H28O2. The molecule has 0 radical (unpaired) electrons. The lowest BCUT2D eigenvalue weighted by Gasteiger charge is -2.11. The third-order valence-electron chi connectivity index (χ3n) is 3.68. The van der Waals surface area contributed by atoms with Gasteiger partial charge in [0.1, 0.15) is 0 Å². The standard InChI is InChI=1S/C15H28O2/c1-2-3-4-5-6-7-8-11-14-12-9-10-13-17-15(14)16/h14H,2-13H2,1H3. The fraction of sp³-hybridized carbons (Fsp3) is 0.933. The quantitative estimate of drug-likeness (QED) is 0.462. The number of esters is 1. The molecule has 0 amide bonds. The maximum atomic E-state index is 11.6. The largest absolute Gasteiger partial charge is 0.465 e. The van der Waals surface area contributed by atoms with Crippen LogP contribution in [0.25, 0.3) is 0 Å². The molecule has 0 N–H and O–H groups in total. The second kappa shape index (κ2) is 9.49. The molecule has 1 rings (SSSR count). The monoisotopic (exact) mass is 240 g/mol. The van der Waals surface area contributed by atoms with Crippen molar-refractivity contribution in [2.75, 3.05) is 6.61 Å². The van der Waals surface area contributed by atoms with Crippen LogP contribution in [0.3, 0.4) is 0 Å². The highest BCUT2D eigenvalue weighted by molar-refractivity contribution is 5.72. The van der Waals surface area contributed by atoms with Gasteiger partial charge in [0.25, 0.3) is 0 Å². The highest BCUT2D eigenvalue weighted by atomic mass is 16.5. The van der Waals surface area contributed by atoms with Crippen LogP contribution in [0.5, 0.6) is 0 Å². The van der Waals surface area contributed by atoms with Crippen molar-refractivity contribution in [3.63, 3.8) is 0 Å². The SMILES string of the molecule is CCCCCCCCCC1CCCCOC1=O. The van der Waals surface area contributed by atoms with Gasteiger partial charge in [-0.2, -0.15) is 0 Å². The molecule has 1 fully saturated rings. The summed E-state index contributed by atoms with van der Waals surface area (Å²) in [5.41, 5.74) is 0. The second-order valence-corrected chi connectivity index (χ2v) is 5.27. The van der Waals surface area contributed by atoms with Crippen LogP contribution in [0.4, 0.5) is 0 Å². The van der Waals surface area contributed by atoms with Gasteiger partial charge >= 0.3 is 5.97 Å². The van der Waals surface area contributed by atoms with Gasteiger partial charge in [-0.1, -0.05) is 51.9 Å². The van der Waals surface area contributed by atoms with E-state index in [0.717, 1.165) is 25.7 Å². The number of rotatable bonds is 8. The van der Waals surface area contributed by atoms with Gasteiger partial charge in [0, 0.05) is 0 Å². The maximum absolute atomic E-state index is 11.6. The molecule has 0 bridgehead atoms. The topological polar surface area (TPSA) is 26.3 Å². The van der Waals surface area contributed by atoms with Crippen LogP contribution in [0.15, 0.2) is 0 Å². The number of ether oxygens (including phenoxy) is 1. The lowest BCUT2D eigenvalue weighted by molar-refractivity contribution is -0.147. The van der Waals surface area contributed by atoms with Gasteiger partial charge in [-0.3, -0.25) is 4.79 Å². The van der Waals surface area contributed by atoms with Crippen molar-refractivity contribution in [2.45, 2.75) is 77.6 Å². The van der Waals surface area contributed by atoms with Crippen molar-refractivity contribution >= 4 is 5.97 Å². The van der Waals surface area contributed by atoms with E-state index in [0.29, 0.717) is 6.61 Å². The molecule has 1 aliphatic rings. The summed E-state index contributed by atoms with van der Waals surface area (Å²) in [7, 11) is 0. The summed E-state index contributed by atoms with van der Waals surface area (Å²) in [6.45, 7) is 2.89. The first-order chi connectivity index (χ1) is 8.34. The summed E-state index contributed by atoms with van der Waals surface area (Å²) >= 11 is 0. The van der Waals surface area contributed by atoms with Crippen molar-refractivity contribution in [1.29, 1.82) is 0 Å². The molecule has 100 valence electrons. The second-order valence-electron chi connectivity index (χ2n) is 5.27. The molecule has 0 spiro atoms. The first-order valence-corrected chi connectivity index (χ1v) is 7.51. The van der Waals surface area contributed by atoms with E-state index in [2.05, 4.69) is 6.92 Å². The zero-order chi connectivity index (χ0) is 12.3. The molecule has 1 saturated heterocycles. The molecule has 0 saturated carbocycles. The Labute approximate surface area is 106 Å². The molecule has 2 heteroatoms. The smallest absolute Gasteiger partial charge is 0.308 e. The van der Waals surface area contributed by atoms with E-state index in [9.17, 15) is 4.79 Å². The Morgan fingerprint density at radius 2 is 1.76 bits per heavy atom. The van der Waals surface area contributed by atoms with Crippen molar-refractivity contribution in [1.82, 2.24) is 0 Å². The molecule has 2 nitrogen and oxygen atoms in total. The lowest BCUT2D eigenvalue weighted by atomic mass is 9.96. The minimum Gasteiger partial charge on any atom is -0.465 e. The fourth-order valence-corrected chi connectivity index (χ4v) is 2.51. The van der Waals surface area contributed by atoms with Crippen molar-refractivity contribution < 1.29 is 9.53 Å². The molecule has 1 heterocycles. The van der Waals surface area contributed by atoms with Crippen LogP contribution < -0.4 is 0 Å². The number of carbonyl (C=O) groups is 1. The number of hydrogen-bond acceptors (Lipinski definition) is 2. The summed E-state index contributed by atoms with van der Waals surface area (Å²) in [6.07, 6.45) is 13.6. The fourth-order valence-electron chi connectivity index (χ4n) is 2.51. The Bertz CT molecular complexity index is 201. The highest BCUT2D eigenvalue weighted by Crippen LogP contribution is 2.21. The van der Waals surface area contributed by atoms with E-state index in [1.165, 1.54) is 44.9 Å². The Morgan fingerprint density at radius 1 is 1.06 bits per heavy atom. The van der Waals surface area contributed by atoms with Gasteiger partial charge in [0.2, 0.25) is 0 Å². The van der Waals surface area contributed by atoms with Crippen LogP contribution in [0.1, 0.15) is 77.6 Å². The molecular weight excluding hydrogens is 212 g/mol. The Kier molecular flexibility index (Phi) is 8.12. The average Bonchev–Trinajstić information content (AvgIpc) is 2.53. The predicted molar refractivity (Wildman–Crippen MR) is 70.9 cm³/mol. The molecule has 0 aliphatic carbocycles. The van der Waals surface area contributed by atoms with E-state index in [1.807, 2.05) is 0 Å². The molecule has 0 aromatic rings. The first-order valence-electron chi connectivity index (χ1n) is 7.51. The molecule has 1 aliphatic heterocycles. The van der Waals surface area contributed by atoms with E-state index >= 15 is 0 Å². The third-order valence-corrected chi connectivity index (χ3v) is 3.68. The summed E-state index contributed by atoms with van der Waals surface area (Å²) < 4.78 is 5.19. The predicted octanol–water partition coefficient (Wildman–Crippen LogP) is 4.47. The van der Waals surface area contributed by atoms with Gasteiger partial charge < -0.3 is 4.74 Å². The maximum Gasteiger partial charge on any atom is 0.308 e. The number of unbranched alkanes of at least 4 members (excludes halogenated alkanes) is 6. The van der Waals surface area contributed by atoms with E-state index in [4.69, 9.17) is 4.74 Å². The number of cyclic esters (lactones) is 1. The minimum absolute atomic E-state index is 0.0634. The molecule has 1 unspecified atom stereocenters. The van der Waals surface area contributed by atoms with Crippen molar-refractivity contribution in [3.8, 4) is 0 Å². The highest BCUT2D eigenvalue weighted by Gasteiger charge is 2.21. The first kappa shape index (κ1) is 14.5. The van der Waals surface area contributed by atoms with Crippen LogP contribution in [-0.2, 0) is 9.53 Å². The molecule has 1 atom stereocenters. The van der Waals surface area contributed by atoms with Crippen LogP contribution in [-0.4, -0.2) is 12.6 Å². The van der Waals surface area contributed by atoms with Gasteiger partial charge in [-0.05, 0) is 25.7 Å². The molecule has 0 aromatic carbocycles. The molecule has 0 aromatic heterocycles. The van der Waals surface area contributed by atoms with Gasteiger partial charge in [0.05, 0.1) is 12.5 Å². The Hall–Kier alpha value is -0.530. The van der Waals surface area contributed by atoms with Crippen LogP contribution in [0, 0.1) is 5.92 Å². The van der Waals surface area contributed by atoms with E-state index in [1.54, 1.807) is 0 Å². The number of carbonyl (C=O) groups excluding carboxylic acids is 1. The van der Waals surface area contributed by atoms with Gasteiger partial charge in [0.15, 0.2) is 0 Å². The number of hydrogen-bond donors (Lipinski definition) is 0. The Morgan fingerprint density at radius 3 is 2.53 bits per heavy atom. The van der Waals surface area contributed by atoms with E-state index < -0.39 is 0 Å². The van der Waals surface area contributed by atoms with E-state index in [-0.39, 0.29) is 11.9 Å². The van der Waals surface area contributed by atoms with Crippen molar-refractivity contribution in [3.05, 3.63) is 0 Å². The lowest BCUT2D eigenvalue weighted by Crippen LogP contribution is -2.15.